The summed E-state index contributed by atoms with van der Waals surface area (Å²) in [6.07, 6.45) is 1.08. The predicted octanol–water partition coefficient (Wildman–Crippen LogP) is 6.15. The molecule has 1 atom stereocenters. The topological polar surface area (TPSA) is 14.0 Å². The summed E-state index contributed by atoms with van der Waals surface area (Å²) in [5.41, 5.74) is 5.41. The first-order chi connectivity index (χ1) is 10.8. The minimum absolute atomic E-state index is 0.494. The fraction of sp³-hybridized carbons (Fsp3) is 0.188. The van der Waals surface area contributed by atoms with Crippen LogP contribution in [0.15, 0.2) is 54.6 Å². The van der Waals surface area contributed by atoms with Crippen molar-refractivity contribution in [3.8, 4) is 0 Å². The molecular weight excluding hydrogens is 541 g/mol. The van der Waals surface area contributed by atoms with Gasteiger partial charge < -0.3 is 0 Å². The number of nitrogens with one attached hydrogen (secondary N) is 1. The molecule has 24 heavy (non-hydrogen) atoms. The molecule has 1 aliphatic heterocycles. The van der Waals surface area contributed by atoms with Crippen LogP contribution in [0.5, 0.6) is 0 Å². The molecule has 1 unspecified atom stereocenters. The molecule has 0 saturated carbocycles. The zero-order chi connectivity index (χ0) is 18.1. The van der Waals surface area contributed by atoms with E-state index in [1.807, 2.05) is 0 Å². The molecule has 1 aliphatic rings. The molecule has 0 saturated heterocycles. The van der Waals surface area contributed by atoms with Crippen LogP contribution in [0.3, 0.4) is 0 Å². The summed E-state index contributed by atoms with van der Waals surface area (Å²) in [5.74, 6) is 0.494. The van der Waals surface area contributed by atoms with Crippen molar-refractivity contribution in [1.82, 2.24) is 0 Å². The van der Waals surface area contributed by atoms with Crippen molar-refractivity contribution in [1.29, 1.82) is 0 Å². The fourth-order valence-electron chi connectivity index (χ4n) is 2.59. The van der Waals surface area contributed by atoms with E-state index in [0.29, 0.717) is 5.92 Å². The van der Waals surface area contributed by atoms with Crippen LogP contribution < -0.4 is 4.99 Å². The second kappa shape index (κ2) is 7.00. The van der Waals surface area contributed by atoms with E-state index >= 15 is 0 Å². The van der Waals surface area contributed by atoms with Gasteiger partial charge in [0.15, 0.2) is 5.71 Å². The van der Waals surface area contributed by atoms with Gasteiger partial charge in [0.05, 0.1) is 0 Å². The average Bonchev–Trinajstić information content (AvgIpc) is 2.44. The van der Waals surface area contributed by atoms with Gasteiger partial charge in [0.1, 0.15) is 0 Å². The van der Waals surface area contributed by atoms with Crippen LogP contribution in [0.1, 0.15) is 30.4 Å². The number of hydrogen-bond donors (Lipinski definition) is 1. The molecule has 0 amide bonds. The van der Waals surface area contributed by atoms with Crippen LogP contribution in [-0.4, -0.2) is 14.9 Å². The summed E-state index contributed by atoms with van der Waals surface area (Å²) in [7, 11) is 25.0. The first kappa shape index (κ1) is 21.0. The number of benzene rings is 2. The van der Waals surface area contributed by atoms with Gasteiger partial charge >= 0.3 is 62.1 Å². The average molecular weight is 557 g/mol. The van der Waals surface area contributed by atoms with Gasteiger partial charge in [0, 0.05) is 30.9 Å². The Kier molecular flexibility index (Phi) is 6.12. The monoisotopic (exact) mass is 553 g/mol. The van der Waals surface area contributed by atoms with Crippen molar-refractivity contribution in [3.63, 3.8) is 0 Å². The van der Waals surface area contributed by atoms with Crippen LogP contribution in [0.4, 0.5) is 5.69 Å². The van der Waals surface area contributed by atoms with Gasteiger partial charge in [-0.3, -0.25) is 0 Å². The molecule has 2 aromatic carbocycles. The van der Waals surface area contributed by atoms with Crippen molar-refractivity contribution < 1.29 is 4.99 Å². The van der Waals surface area contributed by atoms with E-state index in [1.165, 1.54) is 22.5 Å². The first-order valence-electron chi connectivity index (χ1n) is 7.09. The van der Waals surface area contributed by atoms with Gasteiger partial charge in [-0.25, -0.2) is 4.99 Å². The Bertz CT molecular complexity index is 742. The third kappa shape index (κ3) is 8.37. The van der Waals surface area contributed by atoms with E-state index in [9.17, 15) is 0 Å². The van der Waals surface area contributed by atoms with Gasteiger partial charge in [-0.2, -0.15) is 0 Å². The molecule has 0 aliphatic carbocycles. The van der Waals surface area contributed by atoms with E-state index in [1.54, 1.807) is 0 Å². The predicted molar refractivity (Wildman–Crippen MR) is 112 cm³/mol. The summed E-state index contributed by atoms with van der Waals surface area (Å²) in [6, 6.07) is 19.4. The second-order valence-electron chi connectivity index (χ2n) is 5.62. The SMILES string of the molecule is CC1=[NH+]c2ccccc2C(c2ccccc2)C1.[Cl][Sb-]([Cl])([Cl])([Cl])([Cl])[Cl]. The molecule has 3 rings (SSSR count). The molecule has 0 aromatic heterocycles. The van der Waals surface area contributed by atoms with Crippen molar-refractivity contribution >= 4 is 73.5 Å². The molecule has 8 heteroatoms. The Morgan fingerprint density at radius 3 is 1.92 bits per heavy atom. The summed E-state index contributed by atoms with van der Waals surface area (Å²) < 4.78 is 0. The van der Waals surface area contributed by atoms with Crippen LogP contribution in [0.25, 0.3) is 0 Å². The molecular formula is C16H16Cl6NSb. The van der Waals surface area contributed by atoms with E-state index in [2.05, 4.69) is 66.5 Å². The summed E-state index contributed by atoms with van der Waals surface area (Å²) >= 11 is 0. The normalized spacial score (nSPS) is 19.8. The Labute approximate surface area is 162 Å². The maximum atomic E-state index is 5.06. The van der Waals surface area contributed by atoms with E-state index in [-0.39, 0.29) is 0 Å². The Hall–Kier alpha value is 0.668. The molecule has 1 nitrogen and oxygen atoms in total. The van der Waals surface area contributed by atoms with Gasteiger partial charge in [0.2, 0.25) is 5.69 Å². The van der Waals surface area contributed by atoms with Gasteiger partial charge in [-0.1, -0.05) is 48.5 Å². The molecule has 0 fully saturated rings. The van der Waals surface area contributed by atoms with E-state index < -0.39 is 9.14 Å². The molecule has 0 spiro atoms. The summed E-state index contributed by atoms with van der Waals surface area (Å²) in [6.45, 7) is 2.17. The Balaban J connectivity index is 0.000000256. The third-order valence-electron chi connectivity index (χ3n) is 3.40. The zero-order valence-corrected chi connectivity index (χ0v) is 19.8. The quantitative estimate of drug-likeness (QED) is 0.405. The van der Waals surface area contributed by atoms with Crippen molar-refractivity contribution in [2.45, 2.75) is 19.3 Å². The molecule has 1 heterocycles. The van der Waals surface area contributed by atoms with Crippen molar-refractivity contribution in [3.05, 3.63) is 65.7 Å². The zero-order valence-electron chi connectivity index (χ0n) is 12.7. The number of para-hydroxylation sites is 1. The number of halogens is 6. The van der Waals surface area contributed by atoms with Crippen molar-refractivity contribution in [2.24, 2.45) is 0 Å². The second-order valence-corrected chi connectivity index (χ2v) is 62.5. The van der Waals surface area contributed by atoms with Gasteiger partial charge in [0.25, 0.3) is 0 Å². The third-order valence-corrected chi connectivity index (χ3v) is 3.40. The molecule has 0 bridgehead atoms. The Morgan fingerprint density at radius 1 is 0.833 bits per heavy atom. The van der Waals surface area contributed by atoms with Crippen LogP contribution in [-0.2, 0) is 0 Å². The van der Waals surface area contributed by atoms with Crippen LogP contribution in [0.2, 0.25) is 0 Å². The summed E-state index contributed by atoms with van der Waals surface area (Å²) in [5, 5.41) is 0. The van der Waals surface area contributed by atoms with Gasteiger partial charge in [-0.15, -0.1) is 0 Å². The van der Waals surface area contributed by atoms with Gasteiger partial charge in [-0.05, 0) is 5.56 Å². The van der Waals surface area contributed by atoms with E-state index in [4.69, 9.17) is 53.0 Å². The number of fused-ring (bicyclic) bond motifs is 1. The van der Waals surface area contributed by atoms with Crippen molar-refractivity contribution in [2.75, 3.05) is 0 Å². The summed E-state index contributed by atoms with van der Waals surface area (Å²) in [4.78, 5) is 3.48. The standard InChI is InChI=1S/C16H15N.6ClH.Sb/c1-12-11-15(13-7-3-2-4-8-13)14-9-5-6-10-16(14)17-12;;;;;;;/h2-10,15H,11H2,1H3;6*1H;/q;;;;;;;+5/p-5. The Morgan fingerprint density at radius 2 is 1.33 bits per heavy atom. The number of hydrogen-bond acceptors (Lipinski definition) is 0. The first-order valence-corrected chi connectivity index (χ1v) is 26.5. The number of rotatable bonds is 1. The van der Waals surface area contributed by atoms with Crippen LogP contribution in [0, 0.1) is 0 Å². The maximum absolute atomic E-state index is 5.42. The molecule has 132 valence electrons. The molecule has 1 N–H and O–H groups in total. The van der Waals surface area contributed by atoms with Crippen LogP contribution >= 0.6 is 53.0 Å². The fourth-order valence-corrected chi connectivity index (χ4v) is 2.59. The minimum atomic E-state index is -5.42. The molecule has 0 radical (unpaired) electrons. The van der Waals surface area contributed by atoms with E-state index in [0.717, 1.165) is 6.42 Å². The molecule has 2 aromatic rings.